The van der Waals surface area contributed by atoms with Crippen molar-refractivity contribution >= 4 is 45.8 Å². The minimum absolute atomic E-state index is 0.0485. The Morgan fingerprint density at radius 1 is 1.20 bits per heavy atom. The van der Waals surface area contributed by atoms with Crippen LogP contribution >= 0.6 is 11.6 Å². The lowest BCUT2D eigenvalue weighted by atomic mass is 10.1. The Balaban J connectivity index is 1.37. The van der Waals surface area contributed by atoms with Crippen LogP contribution < -0.4 is 16.0 Å². The monoisotopic (exact) mass is 494 g/mol. The van der Waals surface area contributed by atoms with Crippen LogP contribution in [0.15, 0.2) is 42.5 Å². The standard InChI is InChI=1S/C23H23ClN8O3/c1-32-19(22(33)26-17-8-7-14(24)11-16(17)21-28-30-31-29-21)10-13-4-2-6-18(20(13)32)27-23(34)25-12-15-5-3-9-35-15/h2,4,6-8,10-11,15H,3,5,9,12H2,1H3,(H,26,33)(H2,25,27,34)(H,28,29,30,31). The quantitative estimate of drug-likeness (QED) is 0.323. The normalized spacial score (nSPS) is 15.3. The van der Waals surface area contributed by atoms with Gasteiger partial charge in [-0.05, 0) is 53.6 Å². The molecule has 0 bridgehead atoms. The zero-order chi connectivity index (χ0) is 24.4. The van der Waals surface area contributed by atoms with Crippen LogP contribution in [0, 0.1) is 0 Å². The molecule has 0 aliphatic carbocycles. The largest absolute Gasteiger partial charge is 0.376 e. The predicted molar refractivity (Wildman–Crippen MR) is 131 cm³/mol. The van der Waals surface area contributed by atoms with Crippen molar-refractivity contribution in [3.63, 3.8) is 0 Å². The number of para-hydroxylation sites is 1. The summed E-state index contributed by atoms with van der Waals surface area (Å²) in [4.78, 5) is 25.7. The van der Waals surface area contributed by atoms with Crippen LogP contribution in [0.3, 0.4) is 0 Å². The third kappa shape index (κ3) is 4.81. The van der Waals surface area contributed by atoms with E-state index in [0.29, 0.717) is 40.0 Å². The first kappa shape index (κ1) is 22.8. The van der Waals surface area contributed by atoms with E-state index >= 15 is 0 Å². The molecule has 0 radical (unpaired) electrons. The summed E-state index contributed by atoms with van der Waals surface area (Å²) in [5.41, 5.74) is 2.77. The first-order valence-electron chi connectivity index (χ1n) is 11.1. The van der Waals surface area contributed by atoms with Crippen molar-refractivity contribution in [3.05, 3.63) is 53.2 Å². The van der Waals surface area contributed by atoms with Crippen LogP contribution in [-0.4, -0.2) is 56.4 Å². The smallest absolute Gasteiger partial charge is 0.319 e. The molecule has 4 N–H and O–H groups in total. The molecule has 1 fully saturated rings. The maximum absolute atomic E-state index is 13.3. The molecule has 3 amide bonds. The van der Waals surface area contributed by atoms with E-state index in [2.05, 4.69) is 36.6 Å². The fourth-order valence-electron chi connectivity index (χ4n) is 4.19. The van der Waals surface area contributed by atoms with Gasteiger partial charge in [-0.3, -0.25) is 4.79 Å². The average molecular weight is 495 g/mol. The number of nitrogens with one attached hydrogen (secondary N) is 4. The summed E-state index contributed by atoms with van der Waals surface area (Å²) >= 11 is 6.14. The van der Waals surface area contributed by atoms with Gasteiger partial charge in [-0.2, -0.15) is 0 Å². The molecular formula is C23H23ClN8O3. The number of amides is 3. The van der Waals surface area contributed by atoms with Gasteiger partial charge in [0.2, 0.25) is 0 Å². The Morgan fingerprint density at radius 2 is 2.09 bits per heavy atom. The molecule has 5 rings (SSSR count). The topological polar surface area (TPSA) is 139 Å². The number of halogens is 1. The molecule has 2 aromatic heterocycles. The summed E-state index contributed by atoms with van der Waals surface area (Å²) in [5, 5.41) is 23.7. The Kier molecular flexibility index (Phi) is 6.34. The van der Waals surface area contributed by atoms with Crippen molar-refractivity contribution in [2.45, 2.75) is 18.9 Å². The molecule has 180 valence electrons. The highest BCUT2D eigenvalue weighted by atomic mass is 35.5. The highest BCUT2D eigenvalue weighted by Gasteiger charge is 2.20. The molecular weight excluding hydrogens is 472 g/mol. The molecule has 11 nitrogen and oxygen atoms in total. The van der Waals surface area contributed by atoms with Gasteiger partial charge in [0.25, 0.3) is 5.91 Å². The van der Waals surface area contributed by atoms with Gasteiger partial charge in [-0.15, -0.1) is 5.10 Å². The molecule has 0 saturated carbocycles. The van der Waals surface area contributed by atoms with Crippen molar-refractivity contribution in [2.24, 2.45) is 7.05 Å². The number of hydrogen-bond donors (Lipinski definition) is 4. The Hall–Kier alpha value is -3.96. The lowest BCUT2D eigenvalue weighted by Gasteiger charge is -2.13. The molecule has 2 aromatic carbocycles. The third-order valence-electron chi connectivity index (χ3n) is 5.88. The van der Waals surface area contributed by atoms with Gasteiger partial charge in [0.15, 0.2) is 5.82 Å². The average Bonchev–Trinajstić information content (AvgIpc) is 3.61. The van der Waals surface area contributed by atoms with Gasteiger partial charge in [-0.1, -0.05) is 23.7 Å². The number of anilines is 2. The van der Waals surface area contributed by atoms with Crippen LogP contribution in [0.25, 0.3) is 22.3 Å². The van der Waals surface area contributed by atoms with Crippen molar-refractivity contribution < 1.29 is 14.3 Å². The van der Waals surface area contributed by atoms with Crippen molar-refractivity contribution in [2.75, 3.05) is 23.8 Å². The van der Waals surface area contributed by atoms with Crippen LogP contribution in [0.4, 0.5) is 16.2 Å². The lowest BCUT2D eigenvalue weighted by Crippen LogP contribution is -2.35. The highest BCUT2D eigenvalue weighted by Crippen LogP contribution is 2.30. The van der Waals surface area contributed by atoms with E-state index < -0.39 is 0 Å². The number of fused-ring (bicyclic) bond motifs is 1. The number of tetrazole rings is 1. The zero-order valence-corrected chi connectivity index (χ0v) is 19.6. The summed E-state index contributed by atoms with van der Waals surface area (Å²) < 4.78 is 7.29. The Labute approximate surface area is 205 Å². The van der Waals surface area contributed by atoms with Gasteiger partial charge in [-0.25, -0.2) is 9.89 Å². The second-order valence-electron chi connectivity index (χ2n) is 8.20. The van der Waals surface area contributed by atoms with E-state index in [4.69, 9.17) is 16.3 Å². The van der Waals surface area contributed by atoms with E-state index in [1.54, 1.807) is 41.9 Å². The first-order valence-corrected chi connectivity index (χ1v) is 11.5. The number of H-pyrrole nitrogens is 1. The number of benzene rings is 2. The fraction of sp³-hybridized carbons (Fsp3) is 0.261. The van der Waals surface area contributed by atoms with Crippen LogP contribution in [-0.2, 0) is 11.8 Å². The molecule has 35 heavy (non-hydrogen) atoms. The van der Waals surface area contributed by atoms with Gasteiger partial charge in [0.1, 0.15) is 5.69 Å². The summed E-state index contributed by atoms with van der Waals surface area (Å²) in [7, 11) is 1.77. The molecule has 1 aliphatic heterocycles. The van der Waals surface area contributed by atoms with E-state index in [-0.39, 0.29) is 18.0 Å². The Bertz CT molecular complexity index is 1380. The molecule has 1 saturated heterocycles. The number of hydrogen-bond acceptors (Lipinski definition) is 6. The maximum Gasteiger partial charge on any atom is 0.319 e. The number of ether oxygens (including phenoxy) is 1. The highest BCUT2D eigenvalue weighted by molar-refractivity contribution is 6.31. The van der Waals surface area contributed by atoms with E-state index in [0.717, 1.165) is 30.4 Å². The maximum atomic E-state index is 13.3. The SMILES string of the molecule is Cn1c(C(=O)Nc2ccc(Cl)cc2-c2nnn[nH]2)cc2cccc(NC(=O)NCC3CCCO3)c21. The van der Waals surface area contributed by atoms with E-state index in [1.807, 2.05) is 12.1 Å². The molecule has 1 unspecified atom stereocenters. The molecule has 0 spiro atoms. The third-order valence-corrected chi connectivity index (χ3v) is 6.12. The van der Waals surface area contributed by atoms with E-state index in [1.165, 1.54) is 0 Å². The molecule has 1 atom stereocenters. The number of carbonyl (C=O) groups excluding carboxylic acids is 2. The number of aromatic amines is 1. The predicted octanol–water partition coefficient (Wildman–Crippen LogP) is 3.56. The number of carbonyl (C=O) groups is 2. The van der Waals surface area contributed by atoms with Crippen LogP contribution in [0.1, 0.15) is 23.3 Å². The van der Waals surface area contributed by atoms with Gasteiger partial charge < -0.3 is 25.3 Å². The number of aryl methyl sites for hydroxylation is 1. The van der Waals surface area contributed by atoms with Crippen LogP contribution in [0.2, 0.25) is 5.02 Å². The van der Waals surface area contributed by atoms with Crippen molar-refractivity contribution in [1.82, 2.24) is 30.5 Å². The zero-order valence-electron chi connectivity index (χ0n) is 18.8. The molecule has 4 aromatic rings. The Morgan fingerprint density at radius 3 is 2.86 bits per heavy atom. The summed E-state index contributed by atoms with van der Waals surface area (Å²) in [6.45, 7) is 1.18. The second-order valence-corrected chi connectivity index (χ2v) is 8.63. The van der Waals surface area contributed by atoms with Crippen LogP contribution in [0.5, 0.6) is 0 Å². The summed E-state index contributed by atoms with van der Waals surface area (Å²) in [6, 6.07) is 12.0. The van der Waals surface area contributed by atoms with Gasteiger partial charge in [0, 0.05) is 36.2 Å². The van der Waals surface area contributed by atoms with Crippen molar-refractivity contribution in [1.29, 1.82) is 0 Å². The van der Waals surface area contributed by atoms with Gasteiger partial charge in [0.05, 0.1) is 23.0 Å². The van der Waals surface area contributed by atoms with Gasteiger partial charge >= 0.3 is 6.03 Å². The van der Waals surface area contributed by atoms with Crippen molar-refractivity contribution in [3.8, 4) is 11.4 Å². The molecule has 1 aliphatic rings. The summed E-state index contributed by atoms with van der Waals surface area (Å²) in [5.74, 6) is 0.0360. The minimum atomic E-state index is -0.339. The fourth-order valence-corrected chi connectivity index (χ4v) is 4.37. The number of aromatic nitrogens is 5. The minimum Gasteiger partial charge on any atom is -0.376 e. The number of nitrogens with zero attached hydrogens (tertiary/aromatic N) is 4. The second kappa shape index (κ2) is 9.72. The van der Waals surface area contributed by atoms with E-state index in [9.17, 15) is 9.59 Å². The molecule has 12 heteroatoms. The number of urea groups is 1. The number of rotatable bonds is 6. The molecule has 3 heterocycles. The first-order chi connectivity index (χ1) is 17.0. The lowest BCUT2D eigenvalue weighted by molar-refractivity contribution is 0.101. The summed E-state index contributed by atoms with van der Waals surface area (Å²) in [6.07, 6.45) is 2.00.